The Kier molecular flexibility index (Phi) is 15.8. The van der Waals surface area contributed by atoms with E-state index in [4.69, 9.17) is 32.5 Å². The molecule has 0 aromatic heterocycles. The van der Waals surface area contributed by atoms with E-state index in [1.54, 1.807) is 13.2 Å². The van der Waals surface area contributed by atoms with Gasteiger partial charge >= 0.3 is 5.97 Å². The van der Waals surface area contributed by atoms with Gasteiger partial charge < -0.3 is 32.5 Å². The molecule has 1 saturated heterocycles. The molecule has 5 atom stereocenters. The van der Waals surface area contributed by atoms with E-state index in [-0.39, 0.29) is 25.8 Å². The number of carbonyl (C=O) groups excluding carboxylic acids is 1. The summed E-state index contributed by atoms with van der Waals surface area (Å²) in [6.45, 7) is 23.4. The summed E-state index contributed by atoms with van der Waals surface area (Å²) in [5.41, 5.74) is 0.164. The van der Waals surface area contributed by atoms with Crippen molar-refractivity contribution >= 4 is 43.4 Å². The molecule has 8 nitrogen and oxygen atoms in total. The van der Waals surface area contributed by atoms with E-state index in [1.165, 1.54) is 0 Å². The van der Waals surface area contributed by atoms with Crippen molar-refractivity contribution in [3.8, 4) is 5.75 Å². The van der Waals surface area contributed by atoms with Crippen LogP contribution in [0, 0.1) is 5.41 Å². The molecule has 340 valence electrons. The molecule has 5 aromatic carbocycles. The number of rotatable bonds is 17. The van der Waals surface area contributed by atoms with Crippen molar-refractivity contribution in [2.75, 3.05) is 20.3 Å². The molecule has 0 bridgehead atoms. The smallest absolute Gasteiger partial charge is 0.311 e. The van der Waals surface area contributed by atoms with Gasteiger partial charge in [0.2, 0.25) is 0 Å². The first-order valence-corrected chi connectivity index (χ1v) is 26.2. The highest BCUT2D eigenvalue weighted by atomic mass is 28.4. The molecule has 10 heteroatoms. The first kappa shape index (κ1) is 48.8. The second-order valence-corrected chi connectivity index (χ2v) is 28.1. The van der Waals surface area contributed by atoms with Gasteiger partial charge in [-0.25, -0.2) is 0 Å². The van der Waals surface area contributed by atoms with Gasteiger partial charge in [0.1, 0.15) is 36.8 Å². The highest BCUT2D eigenvalue weighted by molar-refractivity contribution is 7.00. The van der Waals surface area contributed by atoms with Crippen LogP contribution >= 0.6 is 0 Å². The van der Waals surface area contributed by atoms with Crippen molar-refractivity contribution in [2.24, 2.45) is 5.41 Å². The molecule has 5 aromatic rings. The van der Waals surface area contributed by atoms with Crippen LogP contribution in [0.4, 0.5) is 0 Å². The number of ether oxygens (including phenoxy) is 5. The van der Waals surface area contributed by atoms with E-state index in [9.17, 15) is 4.79 Å². The summed E-state index contributed by atoms with van der Waals surface area (Å²) in [4.78, 5) is 13.6. The quantitative estimate of drug-likeness (QED) is 0.0520. The van der Waals surface area contributed by atoms with Gasteiger partial charge in [0.05, 0.1) is 25.7 Å². The van der Waals surface area contributed by atoms with Crippen molar-refractivity contribution in [1.29, 1.82) is 0 Å². The van der Waals surface area contributed by atoms with E-state index < -0.39 is 62.8 Å². The molecule has 1 heterocycles. The van der Waals surface area contributed by atoms with Crippen molar-refractivity contribution in [2.45, 2.75) is 110 Å². The summed E-state index contributed by atoms with van der Waals surface area (Å²) in [6, 6.07) is 50.1. The van der Waals surface area contributed by atoms with Crippen LogP contribution in [0.2, 0.25) is 10.1 Å². The third-order valence-electron chi connectivity index (χ3n) is 12.0. The number of benzene rings is 5. The molecule has 0 saturated carbocycles. The van der Waals surface area contributed by atoms with Gasteiger partial charge in [-0.15, -0.1) is 6.58 Å². The van der Waals surface area contributed by atoms with Crippen LogP contribution in [-0.2, 0) is 39.2 Å². The summed E-state index contributed by atoms with van der Waals surface area (Å²) in [5, 5.41) is 3.53. The number of carbonyl (C=O) groups is 1. The predicted molar refractivity (Wildman–Crippen MR) is 262 cm³/mol. The Morgan fingerprint density at radius 3 is 1.39 bits per heavy atom. The lowest BCUT2D eigenvalue weighted by Crippen LogP contribution is -2.75. The fraction of sp³-hybridized carbons (Fsp3) is 0.389. The number of esters is 1. The van der Waals surface area contributed by atoms with Crippen LogP contribution in [0.1, 0.15) is 67.9 Å². The summed E-state index contributed by atoms with van der Waals surface area (Å²) >= 11 is 0. The fourth-order valence-corrected chi connectivity index (χ4v) is 18.2. The first-order chi connectivity index (χ1) is 30.5. The molecular weight excluding hydrogens is 833 g/mol. The summed E-state index contributed by atoms with van der Waals surface area (Å²) in [5.74, 6) is 0.384. The van der Waals surface area contributed by atoms with E-state index in [1.807, 2.05) is 69.3 Å². The largest absolute Gasteiger partial charge is 0.497 e. The van der Waals surface area contributed by atoms with Crippen molar-refractivity contribution in [1.82, 2.24) is 0 Å². The Morgan fingerprint density at radius 2 is 1.02 bits per heavy atom. The summed E-state index contributed by atoms with van der Waals surface area (Å²) in [7, 11) is -5.09. The van der Waals surface area contributed by atoms with Gasteiger partial charge in [0.25, 0.3) is 16.6 Å². The van der Waals surface area contributed by atoms with E-state index >= 15 is 0 Å². The molecule has 0 radical (unpaired) electrons. The minimum absolute atomic E-state index is 0.107. The van der Waals surface area contributed by atoms with Crippen LogP contribution in [0.15, 0.2) is 158 Å². The van der Waals surface area contributed by atoms with Gasteiger partial charge in [-0.3, -0.25) is 4.79 Å². The maximum atomic E-state index is 13.6. The number of hydrogen-bond donors (Lipinski definition) is 0. The molecule has 0 spiro atoms. The van der Waals surface area contributed by atoms with E-state index in [2.05, 4.69) is 145 Å². The molecule has 1 fully saturated rings. The lowest BCUT2D eigenvalue weighted by Gasteiger charge is -2.54. The molecule has 0 amide bonds. The maximum absolute atomic E-state index is 13.6. The fourth-order valence-electron chi connectivity index (χ4n) is 8.85. The predicted octanol–water partition coefficient (Wildman–Crippen LogP) is 8.99. The zero-order chi connectivity index (χ0) is 46.2. The zero-order valence-corrected chi connectivity index (χ0v) is 41.4. The van der Waals surface area contributed by atoms with Gasteiger partial charge in [0, 0.05) is 0 Å². The van der Waals surface area contributed by atoms with Crippen molar-refractivity contribution in [3.05, 3.63) is 164 Å². The SMILES string of the molecule is C=CCO[C@H]1O[C@H](COC(=O)C(C)(C)C)[C@@H](OCc2ccc(OC)cc2)[C@H](O[Si](c2ccccc2)(c2ccccc2)C(C)(C)C)[C@H]1O[Si](c1ccccc1)(c1ccccc1)C(C)(C)C. The first-order valence-electron chi connectivity index (χ1n) is 22.3. The second kappa shape index (κ2) is 20.7. The zero-order valence-electron chi connectivity index (χ0n) is 39.4. The number of methoxy groups -OCH3 is 1. The minimum Gasteiger partial charge on any atom is -0.497 e. The average Bonchev–Trinajstić information content (AvgIpc) is 3.28. The van der Waals surface area contributed by atoms with Crippen LogP contribution < -0.4 is 25.5 Å². The third kappa shape index (κ3) is 10.6. The highest BCUT2D eigenvalue weighted by Crippen LogP contribution is 2.44. The van der Waals surface area contributed by atoms with Gasteiger partial charge in [-0.05, 0) is 69.3 Å². The molecule has 64 heavy (non-hydrogen) atoms. The lowest BCUT2D eigenvalue weighted by molar-refractivity contribution is -0.300. The van der Waals surface area contributed by atoms with Crippen molar-refractivity contribution in [3.63, 3.8) is 0 Å². The topological polar surface area (TPSA) is 81.7 Å². The molecule has 1 aliphatic heterocycles. The summed E-state index contributed by atoms with van der Waals surface area (Å²) in [6.07, 6.45) is -2.66. The standard InChI is InChI=1S/C54H68O8Si2/c1-12-37-57-50-49(62-64(54(8,9)10,44-29-21-15-22-30-44)45-31-23-16-24-32-45)48(61-63(53(5,6)7,42-25-17-13-18-26-42)43-27-19-14-20-28-43)47(46(60-50)39-59-51(55)52(2,3)4)58-38-40-33-35-41(56-11)36-34-40/h12-36,46-50H,1,37-39H2,2-11H3/t46-,47-,48+,49-,50+/m1/s1. The molecular formula is C54H68O8Si2. The Hall–Kier alpha value is -4.66. The van der Waals surface area contributed by atoms with Crippen molar-refractivity contribution < 1.29 is 37.3 Å². The molecule has 6 rings (SSSR count). The molecule has 0 unspecified atom stereocenters. The van der Waals surface area contributed by atoms with Crippen LogP contribution in [-0.4, -0.2) is 73.6 Å². The van der Waals surface area contributed by atoms with Gasteiger partial charge in [-0.1, -0.05) is 181 Å². The lowest BCUT2D eigenvalue weighted by atomic mass is 9.97. The third-order valence-corrected chi connectivity index (χ3v) is 22.1. The monoisotopic (exact) mass is 900 g/mol. The molecule has 0 aliphatic carbocycles. The molecule has 1 aliphatic rings. The van der Waals surface area contributed by atoms with Crippen LogP contribution in [0.3, 0.4) is 0 Å². The van der Waals surface area contributed by atoms with E-state index in [0.717, 1.165) is 32.1 Å². The van der Waals surface area contributed by atoms with Crippen LogP contribution in [0.5, 0.6) is 5.75 Å². The minimum atomic E-state index is -3.39. The van der Waals surface area contributed by atoms with Crippen LogP contribution in [0.25, 0.3) is 0 Å². The maximum Gasteiger partial charge on any atom is 0.311 e. The van der Waals surface area contributed by atoms with Gasteiger partial charge in [-0.2, -0.15) is 0 Å². The average molecular weight is 901 g/mol. The Morgan fingerprint density at radius 1 is 0.594 bits per heavy atom. The Balaban J connectivity index is 1.66. The Bertz CT molecular complexity index is 2140. The number of hydrogen-bond acceptors (Lipinski definition) is 8. The summed E-state index contributed by atoms with van der Waals surface area (Å²) < 4.78 is 49.1. The highest BCUT2D eigenvalue weighted by Gasteiger charge is 2.61. The van der Waals surface area contributed by atoms with Gasteiger partial charge in [0.15, 0.2) is 6.29 Å². The Labute approximate surface area is 384 Å². The second-order valence-electron chi connectivity index (χ2n) is 19.6. The van der Waals surface area contributed by atoms with E-state index in [0.29, 0.717) is 0 Å². The normalized spacial score (nSPS) is 19.8. The molecule has 0 N–H and O–H groups in total.